The highest BCUT2D eigenvalue weighted by Gasteiger charge is 2.28. The molecule has 5 heteroatoms. The van der Waals surface area contributed by atoms with Crippen molar-refractivity contribution >= 4 is 23.4 Å². The van der Waals surface area contributed by atoms with Gasteiger partial charge in [0.25, 0.3) is 0 Å². The van der Waals surface area contributed by atoms with Gasteiger partial charge < -0.3 is 10.2 Å². The second-order valence-corrected chi connectivity index (χ2v) is 9.21. The van der Waals surface area contributed by atoms with Crippen LogP contribution in [0.15, 0.2) is 42.5 Å². The largest absolute Gasteiger partial charge is 0.352 e. The van der Waals surface area contributed by atoms with E-state index in [4.69, 9.17) is 11.6 Å². The van der Waals surface area contributed by atoms with Crippen LogP contribution in [-0.4, -0.2) is 28.8 Å². The number of benzene rings is 2. The first-order valence-electron chi connectivity index (χ1n) is 11.2. The maximum Gasteiger partial charge on any atom is 0.242 e. The number of halogens is 1. The Balaban J connectivity index is 1.79. The van der Waals surface area contributed by atoms with Gasteiger partial charge >= 0.3 is 0 Å². The summed E-state index contributed by atoms with van der Waals surface area (Å²) in [6, 6.07) is 13.3. The zero-order valence-electron chi connectivity index (χ0n) is 18.8. The number of amides is 2. The van der Waals surface area contributed by atoms with E-state index in [1.165, 1.54) is 6.42 Å². The van der Waals surface area contributed by atoms with Crippen molar-refractivity contribution in [1.29, 1.82) is 0 Å². The number of rotatable bonds is 7. The predicted molar refractivity (Wildman–Crippen MR) is 126 cm³/mol. The molecular formula is C26H33ClN2O2. The Kier molecular flexibility index (Phi) is 8.14. The molecule has 2 aromatic carbocycles. The number of hydrogen-bond donors (Lipinski definition) is 1. The maximum absolute atomic E-state index is 13.4. The highest BCUT2D eigenvalue weighted by atomic mass is 35.5. The lowest BCUT2D eigenvalue weighted by atomic mass is 9.95. The fraction of sp³-hybridized carbons (Fsp3) is 0.462. The van der Waals surface area contributed by atoms with Crippen LogP contribution in [0.1, 0.15) is 61.3 Å². The number of aryl methyl sites for hydroxylation is 2. The highest BCUT2D eigenvalue weighted by Crippen LogP contribution is 2.21. The van der Waals surface area contributed by atoms with Crippen molar-refractivity contribution in [2.45, 2.75) is 77.9 Å². The lowest BCUT2D eigenvalue weighted by Crippen LogP contribution is -2.50. The van der Waals surface area contributed by atoms with E-state index in [1.54, 1.807) is 4.90 Å². The molecule has 0 aromatic heterocycles. The zero-order chi connectivity index (χ0) is 22.4. The minimum Gasteiger partial charge on any atom is -0.352 e. The van der Waals surface area contributed by atoms with Crippen molar-refractivity contribution in [1.82, 2.24) is 10.2 Å². The monoisotopic (exact) mass is 440 g/mol. The smallest absolute Gasteiger partial charge is 0.242 e. The van der Waals surface area contributed by atoms with Crippen molar-refractivity contribution in [3.8, 4) is 0 Å². The molecule has 1 atom stereocenters. The molecular weight excluding hydrogens is 408 g/mol. The molecule has 31 heavy (non-hydrogen) atoms. The third-order valence-corrected chi connectivity index (χ3v) is 6.42. The molecule has 1 fully saturated rings. The van der Waals surface area contributed by atoms with Crippen molar-refractivity contribution < 1.29 is 9.59 Å². The van der Waals surface area contributed by atoms with Crippen molar-refractivity contribution in [2.75, 3.05) is 0 Å². The van der Waals surface area contributed by atoms with Gasteiger partial charge in [-0.05, 0) is 50.8 Å². The first kappa shape index (κ1) is 23.3. The third-order valence-electron chi connectivity index (χ3n) is 6.05. The summed E-state index contributed by atoms with van der Waals surface area (Å²) in [7, 11) is 0. The standard InChI is InChI=1S/C26H33ClN2O2/c1-18-13-19(2)15-21(14-18)16-25(30)29(17-22-9-7-8-12-24(22)27)20(3)26(31)28-23-10-5-4-6-11-23/h7-9,12-15,20,23H,4-6,10-11,16-17H2,1-3H3,(H,28,31)/t20-/m0/s1. The quantitative estimate of drug-likeness (QED) is 0.629. The van der Waals surface area contributed by atoms with Gasteiger partial charge in [-0.3, -0.25) is 9.59 Å². The molecule has 0 spiro atoms. The molecule has 0 aliphatic heterocycles. The minimum absolute atomic E-state index is 0.0730. The molecule has 0 saturated heterocycles. The van der Waals surface area contributed by atoms with Crippen molar-refractivity contribution in [3.63, 3.8) is 0 Å². The highest BCUT2D eigenvalue weighted by molar-refractivity contribution is 6.31. The van der Waals surface area contributed by atoms with Crippen LogP contribution in [0.2, 0.25) is 5.02 Å². The minimum atomic E-state index is -0.573. The molecule has 1 N–H and O–H groups in total. The van der Waals surface area contributed by atoms with Gasteiger partial charge in [0, 0.05) is 17.6 Å². The van der Waals surface area contributed by atoms with E-state index in [-0.39, 0.29) is 24.3 Å². The average Bonchev–Trinajstić information content (AvgIpc) is 2.72. The van der Waals surface area contributed by atoms with Crippen LogP contribution in [0, 0.1) is 13.8 Å². The Hall–Kier alpha value is -2.33. The Morgan fingerprint density at radius 2 is 1.71 bits per heavy atom. The van der Waals surface area contributed by atoms with Gasteiger partial charge in [0.1, 0.15) is 6.04 Å². The van der Waals surface area contributed by atoms with Crippen LogP contribution in [0.3, 0.4) is 0 Å². The molecule has 0 heterocycles. The third kappa shape index (κ3) is 6.57. The molecule has 166 valence electrons. The topological polar surface area (TPSA) is 49.4 Å². The van der Waals surface area contributed by atoms with E-state index in [9.17, 15) is 9.59 Å². The van der Waals surface area contributed by atoms with E-state index in [2.05, 4.69) is 11.4 Å². The lowest BCUT2D eigenvalue weighted by Gasteiger charge is -2.31. The number of nitrogens with zero attached hydrogens (tertiary/aromatic N) is 1. The summed E-state index contributed by atoms with van der Waals surface area (Å²) in [4.78, 5) is 28.1. The van der Waals surface area contributed by atoms with E-state index in [0.717, 1.165) is 47.9 Å². The first-order valence-corrected chi connectivity index (χ1v) is 11.6. The van der Waals surface area contributed by atoms with E-state index >= 15 is 0 Å². The second kappa shape index (κ2) is 10.8. The summed E-state index contributed by atoms with van der Waals surface area (Å²) in [5, 5.41) is 3.77. The van der Waals surface area contributed by atoms with Gasteiger partial charge in [-0.15, -0.1) is 0 Å². The molecule has 1 saturated carbocycles. The summed E-state index contributed by atoms with van der Waals surface area (Å²) < 4.78 is 0. The van der Waals surface area contributed by atoms with Gasteiger partial charge in [-0.1, -0.05) is 78.4 Å². The van der Waals surface area contributed by atoms with Crippen LogP contribution < -0.4 is 5.32 Å². The van der Waals surface area contributed by atoms with Crippen molar-refractivity contribution in [3.05, 3.63) is 69.7 Å². The fourth-order valence-electron chi connectivity index (χ4n) is 4.41. The fourth-order valence-corrected chi connectivity index (χ4v) is 4.60. The number of carbonyl (C=O) groups excluding carboxylic acids is 2. The van der Waals surface area contributed by atoms with Crippen molar-refractivity contribution in [2.24, 2.45) is 0 Å². The van der Waals surface area contributed by atoms with Gasteiger partial charge in [-0.25, -0.2) is 0 Å². The molecule has 2 aromatic rings. The Bertz CT molecular complexity index is 901. The van der Waals surface area contributed by atoms with Crippen LogP contribution in [0.4, 0.5) is 0 Å². The number of carbonyl (C=O) groups is 2. The summed E-state index contributed by atoms with van der Waals surface area (Å²) >= 11 is 6.38. The molecule has 1 aliphatic carbocycles. The number of nitrogens with one attached hydrogen (secondary N) is 1. The number of hydrogen-bond acceptors (Lipinski definition) is 2. The Morgan fingerprint density at radius 1 is 1.06 bits per heavy atom. The predicted octanol–water partition coefficient (Wildman–Crippen LogP) is 5.37. The summed E-state index contributed by atoms with van der Waals surface area (Å²) in [5.74, 6) is -0.163. The van der Waals surface area contributed by atoms with Crippen LogP contribution in [0.5, 0.6) is 0 Å². The average molecular weight is 441 g/mol. The summed E-state index contributed by atoms with van der Waals surface area (Å²) in [6.45, 7) is 6.18. The summed E-state index contributed by atoms with van der Waals surface area (Å²) in [6.07, 6.45) is 5.81. The molecule has 2 amide bonds. The molecule has 0 bridgehead atoms. The molecule has 4 nitrogen and oxygen atoms in total. The Labute approximate surface area is 191 Å². The second-order valence-electron chi connectivity index (χ2n) is 8.81. The maximum atomic E-state index is 13.4. The zero-order valence-corrected chi connectivity index (χ0v) is 19.5. The van der Waals surface area contributed by atoms with Crippen LogP contribution in [-0.2, 0) is 22.6 Å². The molecule has 1 aliphatic rings. The van der Waals surface area contributed by atoms with Gasteiger partial charge in [0.15, 0.2) is 0 Å². The van der Waals surface area contributed by atoms with Gasteiger partial charge in [0.05, 0.1) is 6.42 Å². The van der Waals surface area contributed by atoms with E-state index in [1.807, 2.05) is 57.2 Å². The summed E-state index contributed by atoms with van der Waals surface area (Å²) in [5.41, 5.74) is 4.06. The first-order chi connectivity index (χ1) is 14.8. The Morgan fingerprint density at radius 3 is 2.35 bits per heavy atom. The van der Waals surface area contributed by atoms with Gasteiger partial charge in [0.2, 0.25) is 11.8 Å². The lowest BCUT2D eigenvalue weighted by molar-refractivity contribution is -0.140. The van der Waals surface area contributed by atoms with E-state index < -0.39 is 6.04 Å². The molecule has 3 rings (SSSR count). The molecule has 0 unspecified atom stereocenters. The SMILES string of the molecule is Cc1cc(C)cc(CC(=O)N(Cc2ccccc2Cl)[C@@H](C)C(=O)NC2CCCCC2)c1. The normalized spacial score (nSPS) is 15.4. The molecule has 0 radical (unpaired) electrons. The van der Waals surface area contributed by atoms with E-state index in [0.29, 0.717) is 11.6 Å². The van der Waals surface area contributed by atoms with Crippen LogP contribution >= 0.6 is 11.6 Å². The van der Waals surface area contributed by atoms with Gasteiger partial charge in [-0.2, -0.15) is 0 Å². The van der Waals surface area contributed by atoms with Crippen LogP contribution in [0.25, 0.3) is 0 Å².